The molecule has 1 atom stereocenters. The molecule has 3 aromatic rings. The molecule has 0 saturated carbocycles. The molecular formula is C16H16F3N7O. The molecule has 0 aromatic carbocycles. The topological polar surface area (TPSA) is 94.3 Å². The van der Waals surface area contributed by atoms with Crippen LogP contribution in [0.3, 0.4) is 0 Å². The normalized spacial score (nSPS) is 17.4. The third kappa shape index (κ3) is 2.74. The van der Waals surface area contributed by atoms with Gasteiger partial charge in [-0.15, -0.1) is 10.2 Å². The van der Waals surface area contributed by atoms with E-state index in [1.54, 1.807) is 29.8 Å². The number of rotatable bonds is 2. The minimum atomic E-state index is -4.59. The Morgan fingerprint density at radius 3 is 2.81 bits per heavy atom. The Labute approximate surface area is 151 Å². The average Bonchev–Trinajstić information content (AvgIpc) is 3.25. The third-order valence-electron chi connectivity index (χ3n) is 4.75. The second kappa shape index (κ2) is 6.05. The van der Waals surface area contributed by atoms with E-state index in [1.165, 1.54) is 11.1 Å². The number of hydrogen-bond donors (Lipinski definition) is 1. The van der Waals surface area contributed by atoms with Gasteiger partial charge >= 0.3 is 6.18 Å². The van der Waals surface area contributed by atoms with Crippen LogP contribution in [0.2, 0.25) is 0 Å². The number of aromatic nitrogens is 5. The minimum Gasteiger partial charge on any atom is -0.327 e. The molecule has 4 rings (SSSR count). The maximum Gasteiger partial charge on any atom is 0.451 e. The molecule has 8 nitrogen and oxygen atoms in total. The summed E-state index contributed by atoms with van der Waals surface area (Å²) >= 11 is 0. The first-order chi connectivity index (χ1) is 12.8. The van der Waals surface area contributed by atoms with Crippen LogP contribution in [0.1, 0.15) is 40.5 Å². The van der Waals surface area contributed by atoms with Gasteiger partial charge in [0.15, 0.2) is 5.82 Å². The van der Waals surface area contributed by atoms with Crippen molar-refractivity contribution in [2.45, 2.75) is 32.2 Å². The summed E-state index contributed by atoms with van der Waals surface area (Å²) in [5.41, 5.74) is 7.46. The van der Waals surface area contributed by atoms with Gasteiger partial charge in [-0.2, -0.15) is 18.3 Å². The highest BCUT2D eigenvalue weighted by molar-refractivity contribution is 6.00. The van der Waals surface area contributed by atoms with Crippen LogP contribution in [0.4, 0.5) is 13.2 Å². The molecule has 2 N–H and O–H groups in total. The van der Waals surface area contributed by atoms with Crippen LogP contribution in [0, 0.1) is 0 Å². The fraction of sp³-hybridized carbons (Fsp3) is 0.375. The lowest BCUT2D eigenvalue weighted by molar-refractivity contribution is -0.148. The second-order valence-electron chi connectivity index (χ2n) is 6.33. The summed E-state index contributed by atoms with van der Waals surface area (Å²) in [5, 5.41) is 11.1. The van der Waals surface area contributed by atoms with E-state index in [1.807, 2.05) is 0 Å². The largest absolute Gasteiger partial charge is 0.451 e. The van der Waals surface area contributed by atoms with E-state index < -0.39 is 18.0 Å². The SMILES string of the molecule is CC1c2nnc(C(F)(F)F)n2CCN1C(=O)c1cnn2ccc(CN)cc12. The van der Waals surface area contributed by atoms with Crippen molar-refractivity contribution < 1.29 is 18.0 Å². The molecule has 1 aliphatic rings. The van der Waals surface area contributed by atoms with Crippen molar-refractivity contribution in [3.05, 3.63) is 47.3 Å². The average molecular weight is 379 g/mol. The number of nitrogens with zero attached hydrogens (tertiary/aromatic N) is 6. The molecule has 0 fully saturated rings. The van der Waals surface area contributed by atoms with Gasteiger partial charge in [-0.25, -0.2) is 4.52 Å². The third-order valence-corrected chi connectivity index (χ3v) is 4.75. The fourth-order valence-corrected chi connectivity index (χ4v) is 3.34. The van der Waals surface area contributed by atoms with Gasteiger partial charge in [0.1, 0.15) is 0 Å². The monoisotopic (exact) mass is 379 g/mol. The maximum absolute atomic E-state index is 13.1. The van der Waals surface area contributed by atoms with E-state index in [2.05, 4.69) is 15.3 Å². The van der Waals surface area contributed by atoms with Gasteiger partial charge in [-0.1, -0.05) is 0 Å². The van der Waals surface area contributed by atoms with Crippen molar-refractivity contribution in [2.24, 2.45) is 5.73 Å². The highest BCUT2D eigenvalue weighted by Crippen LogP contribution is 2.33. The van der Waals surface area contributed by atoms with Crippen LogP contribution in [-0.4, -0.2) is 41.7 Å². The molecule has 0 spiro atoms. The lowest BCUT2D eigenvalue weighted by Gasteiger charge is -2.33. The maximum atomic E-state index is 13.1. The molecule has 1 unspecified atom stereocenters. The summed E-state index contributed by atoms with van der Waals surface area (Å²) in [7, 11) is 0. The van der Waals surface area contributed by atoms with Crippen molar-refractivity contribution in [1.29, 1.82) is 0 Å². The van der Waals surface area contributed by atoms with Crippen molar-refractivity contribution in [2.75, 3.05) is 6.54 Å². The van der Waals surface area contributed by atoms with Gasteiger partial charge in [0.25, 0.3) is 5.91 Å². The Morgan fingerprint density at radius 1 is 1.33 bits per heavy atom. The van der Waals surface area contributed by atoms with E-state index in [-0.39, 0.29) is 24.8 Å². The summed E-state index contributed by atoms with van der Waals surface area (Å²) in [4.78, 5) is 14.5. The zero-order valence-corrected chi connectivity index (χ0v) is 14.3. The second-order valence-corrected chi connectivity index (χ2v) is 6.33. The Hall–Kier alpha value is -2.95. The first-order valence-corrected chi connectivity index (χ1v) is 8.29. The highest BCUT2D eigenvalue weighted by atomic mass is 19.4. The molecular weight excluding hydrogens is 363 g/mol. The fourth-order valence-electron chi connectivity index (χ4n) is 3.34. The smallest absolute Gasteiger partial charge is 0.327 e. The van der Waals surface area contributed by atoms with Crippen molar-refractivity contribution in [3.8, 4) is 0 Å². The Kier molecular flexibility index (Phi) is 3.91. The summed E-state index contributed by atoms with van der Waals surface area (Å²) < 4.78 is 41.7. The molecule has 4 heterocycles. The van der Waals surface area contributed by atoms with Gasteiger partial charge in [-0.3, -0.25) is 4.79 Å². The number of pyridine rings is 1. The van der Waals surface area contributed by atoms with E-state index >= 15 is 0 Å². The van der Waals surface area contributed by atoms with Gasteiger partial charge in [-0.05, 0) is 24.6 Å². The molecule has 11 heteroatoms. The number of carbonyl (C=O) groups excluding carboxylic acids is 1. The van der Waals surface area contributed by atoms with E-state index in [0.717, 1.165) is 10.1 Å². The van der Waals surface area contributed by atoms with Crippen LogP contribution in [-0.2, 0) is 19.3 Å². The van der Waals surface area contributed by atoms with Crippen LogP contribution < -0.4 is 5.73 Å². The van der Waals surface area contributed by atoms with Crippen molar-refractivity contribution in [1.82, 2.24) is 29.3 Å². The number of alkyl halides is 3. The lowest BCUT2D eigenvalue weighted by atomic mass is 10.1. The number of hydrogen-bond acceptors (Lipinski definition) is 5. The Morgan fingerprint density at radius 2 is 2.11 bits per heavy atom. The summed E-state index contributed by atoms with van der Waals surface area (Å²) in [6.07, 6.45) is -1.43. The number of nitrogens with two attached hydrogens (primary N) is 1. The highest BCUT2D eigenvalue weighted by Gasteiger charge is 2.42. The van der Waals surface area contributed by atoms with Crippen LogP contribution >= 0.6 is 0 Å². The quantitative estimate of drug-likeness (QED) is 0.730. The molecule has 0 bridgehead atoms. The van der Waals surface area contributed by atoms with Crippen LogP contribution in [0.25, 0.3) is 5.52 Å². The number of halogens is 3. The number of fused-ring (bicyclic) bond motifs is 2. The van der Waals surface area contributed by atoms with Gasteiger partial charge in [0.2, 0.25) is 5.82 Å². The Balaban J connectivity index is 1.69. The van der Waals surface area contributed by atoms with Gasteiger partial charge in [0.05, 0.1) is 23.3 Å². The van der Waals surface area contributed by atoms with E-state index in [9.17, 15) is 18.0 Å². The number of amides is 1. The standard InChI is InChI=1S/C16H16F3N7O/c1-9-13-22-23-15(16(17,18)19)25(13)5-4-24(9)14(27)11-8-21-26-3-2-10(7-20)6-12(11)26/h2-3,6,8-9H,4-5,7,20H2,1H3. The van der Waals surface area contributed by atoms with Crippen molar-refractivity contribution in [3.63, 3.8) is 0 Å². The van der Waals surface area contributed by atoms with Crippen LogP contribution in [0.15, 0.2) is 24.5 Å². The van der Waals surface area contributed by atoms with E-state index in [0.29, 0.717) is 17.6 Å². The Bertz CT molecular complexity index is 1020. The first kappa shape index (κ1) is 17.5. The number of carbonyl (C=O) groups is 1. The molecule has 0 saturated heterocycles. The molecule has 0 aliphatic carbocycles. The molecule has 3 aromatic heterocycles. The van der Waals surface area contributed by atoms with E-state index in [4.69, 9.17) is 5.73 Å². The van der Waals surface area contributed by atoms with Gasteiger partial charge < -0.3 is 15.2 Å². The summed E-state index contributed by atoms with van der Waals surface area (Å²) in [6.45, 7) is 2.04. The molecule has 27 heavy (non-hydrogen) atoms. The molecule has 142 valence electrons. The molecule has 0 radical (unpaired) electrons. The van der Waals surface area contributed by atoms with Gasteiger partial charge in [0, 0.05) is 25.8 Å². The molecule has 1 amide bonds. The zero-order chi connectivity index (χ0) is 19.3. The predicted octanol–water partition coefficient (Wildman–Crippen LogP) is 1.62. The minimum absolute atomic E-state index is 0.0273. The van der Waals surface area contributed by atoms with Crippen molar-refractivity contribution >= 4 is 11.4 Å². The first-order valence-electron chi connectivity index (χ1n) is 8.29. The lowest BCUT2D eigenvalue weighted by Crippen LogP contribution is -2.42. The summed E-state index contributed by atoms with van der Waals surface area (Å²) in [5.74, 6) is -1.25. The summed E-state index contributed by atoms with van der Waals surface area (Å²) in [6, 6.07) is 2.93. The zero-order valence-electron chi connectivity index (χ0n) is 14.3. The predicted molar refractivity (Wildman–Crippen MR) is 87.6 cm³/mol. The molecule has 1 aliphatic heterocycles. The van der Waals surface area contributed by atoms with Crippen LogP contribution in [0.5, 0.6) is 0 Å².